The Hall–Kier alpha value is -5.77. The highest BCUT2D eigenvalue weighted by atomic mass is 32.2. The normalized spacial score (nSPS) is 23.6. The van der Waals surface area contributed by atoms with Crippen molar-refractivity contribution in [3.8, 4) is 0 Å². The lowest BCUT2D eigenvalue weighted by atomic mass is 9.68. The molecule has 2 heterocycles. The molecule has 0 N–H and O–H groups in total. The number of thioether (sulfide) groups is 1. The summed E-state index contributed by atoms with van der Waals surface area (Å²) in [7, 11) is 0. The maximum Gasteiger partial charge on any atom is 0.303 e. The molecule has 284 valence electrons. The standard InChI is InChI=1S/C38H38N2O13S/c1-22(41)49-21-30(50-23(2)42)32(51-24(3)43)34(53-26(5)45)33(52-25(4)44)31-35(40(47)48)38(28-17-11-7-12-18-28)39(29-19-13-8-14-20-29)36(46)37(31,54-38)27-15-9-6-10-16-27/h6-20,30-35H,21H2,1-5H3/t30-,31-,32-,33-,34+,35-,37+,38-/m1/s1. The number of ether oxygens (including phenoxy) is 5. The minimum atomic E-state index is -1.98. The second-order valence-corrected chi connectivity index (χ2v) is 14.1. The van der Waals surface area contributed by atoms with Crippen LogP contribution >= 0.6 is 11.8 Å². The summed E-state index contributed by atoms with van der Waals surface area (Å²) >= 11 is 0.979. The second kappa shape index (κ2) is 16.1. The Morgan fingerprint density at radius 3 is 1.67 bits per heavy atom. The zero-order valence-corrected chi connectivity index (χ0v) is 30.8. The highest BCUT2D eigenvalue weighted by molar-refractivity contribution is 8.03. The molecule has 2 aliphatic rings. The Labute approximate surface area is 314 Å². The number of anilines is 1. The van der Waals surface area contributed by atoms with E-state index in [1.807, 2.05) is 0 Å². The van der Waals surface area contributed by atoms with Gasteiger partial charge >= 0.3 is 29.8 Å². The number of rotatable bonds is 14. The minimum Gasteiger partial charge on any atom is -0.462 e. The molecule has 5 rings (SSSR count). The van der Waals surface area contributed by atoms with Gasteiger partial charge in [-0.1, -0.05) is 90.6 Å². The van der Waals surface area contributed by atoms with Crippen LogP contribution in [0.4, 0.5) is 5.69 Å². The number of carbonyl (C=O) groups is 6. The second-order valence-electron chi connectivity index (χ2n) is 12.7. The Balaban J connectivity index is 1.88. The molecule has 2 bridgehead atoms. The summed E-state index contributed by atoms with van der Waals surface area (Å²) in [6.07, 6.45) is -7.50. The Kier molecular flexibility index (Phi) is 11.7. The van der Waals surface area contributed by atoms with Crippen molar-refractivity contribution >= 4 is 53.2 Å². The van der Waals surface area contributed by atoms with Gasteiger partial charge in [-0.15, -0.1) is 0 Å². The molecule has 2 saturated heterocycles. The number of amides is 1. The summed E-state index contributed by atoms with van der Waals surface area (Å²) in [6, 6.07) is 23.1. The van der Waals surface area contributed by atoms with Crippen molar-refractivity contribution in [3.05, 3.63) is 112 Å². The van der Waals surface area contributed by atoms with Crippen LogP contribution in [-0.2, 0) is 62.1 Å². The summed E-state index contributed by atoms with van der Waals surface area (Å²) in [5.41, 5.74) is 1.01. The van der Waals surface area contributed by atoms with Gasteiger partial charge in [0.15, 0.2) is 29.3 Å². The van der Waals surface area contributed by atoms with Gasteiger partial charge in [0, 0.05) is 45.2 Å². The molecule has 54 heavy (non-hydrogen) atoms. The number of hydrogen-bond donors (Lipinski definition) is 0. The van der Waals surface area contributed by atoms with Crippen molar-refractivity contribution in [2.24, 2.45) is 5.92 Å². The summed E-state index contributed by atoms with van der Waals surface area (Å²) in [5, 5.41) is 13.9. The van der Waals surface area contributed by atoms with Crippen molar-refractivity contribution in [2.75, 3.05) is 11.5 Å². The monoisotopic (exact) mass is 762 g/mol. The first-order valence-electron chi connectivity index (χ1n) is 16.8. The fourth-order valence-corrected chi connectivity index (χ4v) is 9.60. The van der Waals surface area contributed by atoms with Gasteiger partial charge in [-0.3, -0.25) is 43.8 Å². The molecule has 0 spiro atoms. The van der Waals surface area contributed by atoms with Crippen molar-refractivity contribution in [2.45, 2.75) is 74.7 Å². The van der Waals surface area contributed by atoms with E-state index in [9.17, 15) is 34.1 Å². The summed E-state index contributed by atoms with van der Waals surface area (Å²) in [6.45, 7) is 4.38. The molecule has 15 nitrogen and oxygen atoms in total. The van der Waals surface area contributed by atoms with E-state index in [-0.39, 0.29) is 0 Å². The topological polar surface area (TPSA) is 195 Å². The average Bonchev–Trinajstić information content (AvgIpc) is 3.59. The quantitative estimate of drug-likeness (QED) is 0.0986. The smallest absolute Gasteiger partial charge is 0.303 e. The van der Waals surface area contributed by atoms with Gasteiger partial charge in [-0.05, 0) is 23.3 Å². The average molecular weight is 763 g/mol. The lowest BCUT2D eigenvalue weighted by Crippen LogP contribution is -2.67. The third kappa shape index (κ3) is 7.38. The first-order valence-corrected chi connectivity index (χ1v) is 17.6. The first kappa shape index (κ1) is 39.4. The molecular weight excluding hydrogens is 724 g/mol. The highest BCUT2D eigenvalue weighted by Gasteiger charge is 2.83. The molecule has 0 aromatic heterocycles. The van der Waals surface area contributed by atoms with Gasteiger partial charge in [0.2, 0.25) is 5.91 Å². The van der Waals surface area contributed by atoms with Crippen molar-refractivity contribution in [1.29, 1.82) is 0 Å². The number of nitrogens with zero attached hydrogens (tertiary/aromatic N) is 2. The fourth-order valence-electron chi connectivity index (χ4n) is 7.39. The van der Waals surface area contributed by atoms with Crippen LogP contribution in [0.2, 0.25) is 0 Å². The van der Waals surface area contributed by atoms with E-state index >= 15 is 4.79 Å². The molecule has 0 saturated carbocycles. The lowest BCUT2D eigenvalue weighted by Gasteiger charge is -2.47. The van der Waals surface area contributed by atoms with E-state index in [0.29, 0.717) is 16.8 Å². The summed E-state index contributed by atoms with van der Waals surface area (Å²) in [4.78, 5) is 91.5. The van der Waals surface area contributed by atoms with Gasteiger partial charge in [-0.2, -0.15) is 0 Å². The van der Waals surface area contributed by atoms with Crippen LogP contribution in [-0.4, -0.2) is 77.7 Å². The van der Waals surface area contributed by atoms with Crippen LogP contribution in [0.1, 0.15) is 45.7 Å². The van der Waals surface area contributed by atoms with Crippen LogP contribution in [0, 0.1) is 16.0 Å². The maximum atomic E-state index is 15.5. The van der Waals surface area contributed by atoms with E-state index in [1.54, 1.807) is 91.0 Å². The van der Waals surface area contributed by atoms with Crippen molar-refractivity contribution in [3.63, 3.8) is 0 Å². The zero-order valence-electron chi connectivity index (χ0n) is 29.9. The maximum absolute atomic E-state index is 15.5. The van der Waals surface area contributed by atoms with Crippen LogP contribution in [0.5, 0.6) is 0 Å². The van der Waals surface area contributed by atoms with Gasteiger partial charge in [0.05, 0.1) is 5.92 Å². The van der Waals surface area contributed by atoms with Crippen LogP contribution in [0.3, 0.4) is 0 Å². The largest absolute Gasteiger partial charge is 0.462 e. The Morgan fingerprint density at radius 1 is 0.704 bits per heavy atom. The van der Waals surface area contributed by atoms with Crippen molar-refractivity contribution < 1.29 is 57.4 Å². The van der Waals surface area contributed by atoms with E-state index < -0.39 is 93.3 Å². The molecule has 3 aromatic carbocycles. The molecule has 8 atom stereocenters. The van der Waals surface area contributed by atoms with E-state index in [0.717, 1.165) is 46.4 Å². The third-order valence-corrected chi connectivity index (χ3v) is 11.0. The SMILES string of the molecule is CC(=O)OC[C@@H](OC(C)=O)[C@@H](OC(C)=O)[C@H](OC(C)=O)[C@H](OC(C)=O)[C@@H]1[C@@H]([N+](=O)[O-])[C@@]2(c3ccccc3)S[C@]1(c1ccccc1)C(=O)N2c1ccccc1. The molecule has 16 heteroatoms. The van der Waals surface area contributed by atoms with Crippen LogP contribution in [0.15, 0.2) is 91.0 Å². The number of carbonyl (C=O) groups excluding carboxylic acids is 6. The molecule has 2 fully saturated rings. The molecular formula is C38H38N2O13S. The van der Waals surface area contributed by atoms with Gasteiger partial charge in [-0.25, -0.2) is 0 Å². The molecule has 1 amide bonds. The molecule has 3 aromatic rings. The molecule has 2 aliphatic heterocycles. The minimum absolute atomic E-state index is 0.298. The molecule has 0 unspecified atom stereocenters. The van der Waals surface area contributed by atoms with E-state index in [1.165, 1.54) is 4.90 Å². The Bertz CT molecular complexity index is 1910. The lowest BCUT2D eigenvalue weighted by molar-refractivity contribution is -0.542. The predicted molar refractivity (Wildman–Crippen MR) is 191 cm³/mol. The third-order valence-electron chi connectivity index (χ3n) is 9.05. The number of hydrogen-bond acceptors (Lipinski definition) is 14. The van der Waals surface area contributed by atoms with Gasteiger partial charge in [0.25, 0.3) is 6.04 Å². The van der Waals surface area contributed by atoms with Crippen LogP contribution in [0.25, 0.3) is 0 Å². The summed E-state index contributed by atoms with van der Waals surface area (Å²) < 4.78 is 26.0. The van der Waals surface area contributed by atoms with Gasteiger partial charge in [0.1, 0.15) is 11.4 Å². The first-order chi connectivity index (χ1) is 25.6. The number of para-hydroxylation sites is 1. The molecule has 0 aliphatic carbocycles. The highest BCUT2D eigenvalue weighted by Crippen LogP contribution is 2.73. The predicted octanol–water partition coefficient (Wildman–Crippen LogP) is 4.08. The zero-order chi connectivity index (χ0) is 39.4. The number of esters is 5. The van der Waals surface area contributed by atoms with Gasteiger partial charge < -0.3 is 23.7 Å². The molecule has 0 radical (unpaired) electrons. The van der Waals surface area contributed by atoms with E-state index in [4.69, 9.17) is 23.7 Å². The number of nitro groups is 1. The Morgan fingerprint density at radius 2 is 1.19 bits per heavy atom. The number of piperidine rings is 1. The van der Waals surface area contributed by atoms with Crippen molar-refractivity contribution in [1.82, 2.24) is 0 Å². The number of fused-ring (bicyclic) bond motifs is 2. The fraction of sp³-hybridized carbons (Fsp3) is 0.368. The number of benzene rings is 3. The van der Waals surface area contributed by atoms with E-state index in [2.05, 4.69) is 0 Å². The summed E-state index contributed by atoms with van der Waals surface area (Å²) in [5.74, 6) is -7.03. The van der Waals surface area contributed by atoms with Crippen LogP contribution < -0.4 is 4.90 Å².